The smallest absolute Gasteiger partial charge is 0.226 e. The summed E-state index contributed by atoms with van der Waals surface area (Å²) in [5, 5.41) is 6.78. The Kier molecular flexibility index (Phi) is 7.04. The number of rotatable bonds is 7. The Hall–Kier alpha value is -3.06. The molecule has 3 heterocycles. The molecule has 0 radical (unpaired) electrons. The molecule has 2 N–H and O–H groups in total. The van der Waals surface area contributed by atoms with Gasteiger partial charge in [-0.05, 0) is 57.1 Å². The zero-order chi connectivity index (χ0) is 21.5. The van der Waals surface area contributed by atoms with E-state index in [0.717, 1.165) is 42.6 Å². The van der Waals surface area contributed by atoms with Crippen LogP contribution >= 0.6 is 0 Å². The van der Waals surface area contributed by atoms with Gasteiger partial charge in [-0.15, -0.1) is 0 Å². The average molecular weight is 422 g/mol. The normalized spacial score (nSPS) is 16.3. The second-order valence-electron chi connectivity index (χ2n) is 7.94. The Morgan fingerprint density at radius 2 is 1.90 bits per heavy atom. The van der Waals surface area contributed by atoms with E-state index in [1.807, 2.05) is 18.2 Å². The van der Waals surface area contributed by atoms with Gasteiger partial charge in [-0.3, -0.25) is 9.89 Å². The first-order valence-electron chi connectivity index (χ1n) is 11.0. The first kappa shape index (κ1) is 21.2. The molecule has 0 saturated carbocycles. The minimum absolute atomic E-state index is 0.189. The molecule has 0 amide bonds. The van der Waals surface area contributed by atoms with Crippen molar-refractivity contribution in [2.24, 2.45) is 4.99 Å². The predicted molar refractivity (Wildman–Crippen MR) is 122 cm³/mol. The van der Waals surface area contributed by atoms with Gasteiger partial charge in [0.15, 0.2) is 5.96 Å². The molecule has 1 unspecified atom stereocenters. The monoisotopic (exact) mass is 421 g/mol. The minimum atomic E-state index is 0.189. The first-order chi connectivity index (χ1) is 15.2. The second kappa shape index (κ2) is 10.3. The van der Waals surface area contributed by atoms with Gasteiger partial charge in [0, 0.05) is 19.2 Å². The molecular formula is C24H31N5O2. The fourth-order valence-corrected chi connectivity index (χ4v) is 3.93. The molecule has 31 heavy (non-hydrogen) atoms. The topological polar surface area (TPSA) is 78.8 Å². The van der Waals surface area contributed by atoms with Gasteiger partial charge in [-0.25, -0.2) is 4.98 Å². The molecule has 1 atom stereocenters. The third-order valence-electron chi connectivity index (χ3n) is 5.68. The Labute approximate surface area is 183 Å². The predicted octanol–water partition coefficient (Wildman–Crippen LogP) is 4.14. The summed E-state index contributed by atoms with van der Waals surface area (Å²) in [7, 11) is 1.78. The van der Waals surface area contributed by atoms with Crippen molar-refractivity contribution in [2.45, 2.75) is 38.8 Å². The van der Waals surface area contributed by atoms with Crippen LogP contribution in [0.4, 0.5) is 0 Å². The number of nitrogens with one attached hydrogen (secondary N) is 2. The number of guanidine groups is 1. The lowest BCUT2D eigenvalue weighted by atomic mass is 10.1. The van der Waals surface area contributed by atoms with Crippen molar-refractivity contribution in [1.29, 1.82) is 0 Å². The van der Waals surface area contributed by atoms with Gasteiger partial charge in [0.05, 0.1) is 24.5 Å². The van der Waals surface area contributed by atoms with Crippen molar-refractivity contribution in [3.05, 3.63) is 65.9 Å². The van der Waals surface area contributed by atoms with E-state index in [1.165, 1.54) is 24.8 Å². The molecule has 1 fully saturated rings. The van der Waals surface area contributed by atoms with Crippen molar-refractivity contribution < 1.29 is 8.83 Å². The fourth-order valence-electron chi connectivity index (χ4n) is 3.93. The van der Waals surface area contributed by atoms with E-state index in [1.54, 1.807) is 19.6 Å². The molecule has 0 bridgehead atoms. The second-order valence-corrected chi connectivity index (χ2v) is 7.94. The van der Waals surface area contributed by atoms with E-state index < -0.39 is 0 Å². The van der Waals surface area contributed by atoms with Crippen molar-refractivity contribution >= 4 is 5.96 Å². The summed E-state index contributed by atoms with van der Waals surface area (Å²) in [6.07, 6.45) is 7.21. The highest BCUT2D eigenvalue weighted by Gasteiger charge is 2.24. The lowest BCUT2D eigenvalue weighted by molar-refractivity contribution is 0.146. The Morgan fingerprint density at radius 1 is 1.10 bits per heavy atom. The number of likely N-dealkylation sites (tertiary alicyclic amines) is 1. The molecule has 4 rings (SSSR count). The SMILES string of the molecule is CN=C(NCc1coc(-c2ccc(C)cc2)n1)NCC(c1ccco1)N1CCCCC1. The number of aliphatic imine (C=N–C) groups is 1. The highest BCUT2D eigenvalue weighted by Crippen LogP contribution is 2.24. The maximum Gasteiger partial charge on any atom is 0.226 e. The van der Waals surface area contributed by atoms with E-state index in [2.05, 4.69) is 50.6 Å². The van der Waals surface area contributed by atoms with Crippen LogP contribution in [0.1, 0.15) is 42.3 Å². The summed E-state index contributed by atoms with van der Waals surface area (Å²) >= 11 is 0. The van der Waals surface area contributed by atoms with Crippen LogP contribution in [0.25, 0.3) is 11.5 Å². The molecule has 0 spiro atoms. The van der Waals surface area contributed by atoms with E-state index in [9.17, 15) is 0 Å². The quantitative estimate of drug-likeness (QED) is 0.441. The van der Waals surface area contributed by atoms with E-state index in [0.29, 0.717) is 12.4 Å². The van der Waals surface area contributed by atoms with Crippen LogP contribution < -0.4 is 10.6 Å². The number of aryl methyl sites for hydroxylation is 1. The van der Waals surface area contributed by atoms with Gasteiger partial charge in [0.2, 0.25) is 5.89 Å². The zero-order valence-corrected chi connectivity index (χ0v) is 18.3. The summed E-state index contributed by atoms with van der Waals surface area (Å²) < 4.78 is 11.4. The maximum absolute atomic E-state index is 5.73. The summed E-state index contributed by atoms with van der Waals surface area (Å²) in [5.74, 6) is 2.35. The molecule has 0 aliphatic carbocycles. The van der Waals surface area contributed by atoms with Crippen LogP contribution in [0, 0.1) is 6.92 Å². The molecule has 3 aromatic rings. The van der Waals surface area contributed by atoms with Crippen LogP contribution in [0.15, 0.2) is 62.8 Å². The summed E-state index contributed by atoms with van der Waals surface area (Å²) in [6, 6.07) is 12.4. The molecule has 1 saturated heterocycles. The summed E-state index contributed by atoms with van der Waals surface area (Å²) in [4.78, 5) is 11.4. The van der Waals surface area contributed by atoms with Gasteiger partial charge in [0.1, 0.15) is 12.0 Å². The number of benzene rings is 1. The molecule has 2 aromatic heterocycles. The van der Waals surface area contributed by atoms with Crippen molar-refractivity contribution in [2.75, 3.05) is 26.7 Å². The molecule has 7 nitrogen and oxygen atoms in total. The minimum Gasteiger partial charge on any atom is -0.468 e. The number of piperidine rings is 1. The molecule has 1 aliphatic rings. The highest BCUT2D eigenvalue weighted by atomic mass is 16.3. The number of furan rings is 1. The van der Waals surface area contributed by atoms with Crippen molar-refractivity contribution in [3.8, 4) is 11.5 Å². The van der Waals surface area contributed by atoms with Gasteiger partial charge in [-0.1, -0.05) is 24.1 Å². The number of hydrogen-bond acceptors (Lipinski definition) is 5. The summed E-state index contributed by atoms with van der Waals surface area (Å²) in [5.41, 5.74) is 3.02. The Bertz CT molecular complexity index is 956. The van der Waals surface area contributed by atoms with E-state index in [-0.39, 0.29) is 6.04 Å². The van der Waals surface area contributed by atoms with Crippen molar-refractivity contribution in [3.63, 3.8) is 0 Å². The molecule has 7 heteroatoms. The molecule has 1 aliphatic heterocycles. The third-order valence-corrected chi connectivity index (χ3v) is 5.68. The van der Waals surface area contributed by atoms with Crippen LogP contribution in [0.3, 0.4) is 0 Å². The van der Waals surface area contributed by atoms with Gasteiger partial charge >= 0.3 is 0 Å². The van der Waals surface area contributed by atoms with Gasteiger partial charge < -0.3 is 19.5 Å². The van der Waals surface area contributed by atoms with Crippen LogP contribution in [-0.4, -0.2) is 42.5 Å². The lowest BCUT2D eigenvalue weighted by Gasteiger charge is -2.33. The van der Waals surface area contributed by atoms with Crippen LogP contribution in [0.2, 0.25) is 0 Å². The third kappa shape index (κ3) is 5.55. The number of nitrogens with zero attached hydrogens (tertiary/aromatic N) is 3. The van der Waals surface area contributed by atoms with Gasteiger partial charge in [-0.2, -0.15) is 0 Å². The maximum atomic E-state index is 5.73. The number of oxazole rings is 1. The highest BCUT2D eigenvalue weighted by molar-refractivity contribution is 5.79. The first-order valence-corrected chi connectivity index (χ1v) is 11.0. The Balaban J connectivity index is 1.33. The molecule has 1 aromatic carbocycles. The van der Waals surface area contributed by atoms with Gasteiger partial charge in [0.25, 0.3) is 0 Å². The number of aromatic nitrogens is 1. The van der Waals surface area contributed by atoms with Crippen LogP contribution in [0.5, 0.6) is 0 Å². The standard InChI is InChI=1S/C24H31N5O2/c1-18-8-10-19(11-9-18)23-28-20(17-31-23)15-26-24(25-2)27-16-21(22-7-6-14-30-22)29-12-4-3-5-13-29/h6-11,14,17,21H,3-5,12-13,15-16H2,1-2H3,(H2,25,26,27). The lowest BCUT2D eigenvalue weighted by Crippen LogP contribution is -2.44. The Morgan fingerprint density at radius 3 is 2.61 bits per heavy atom. The average Bonchev–Trinajstić information content (AvgIpc) is 3.50. The zero-order valence-electron chi connectivity index (χ0n) is 18.3. The number of hydrogen-bond donors (Lipinski definition) is 2. The molecule has 164 valence electrons. The summed E-state index contributed by atoms with van der Waals surface area (Å²) in [6.45, 7) is 5.51. The largest absolute Gasteiger partial charge is 0.468 e. The van der Waals surface area contributed by atoms with Crippen LogP contribution in [-0.2, 0) is 6.54 Å². The van der Waals surface area contributed by atoms with Crippen molar-refractivity contribution in [1.82, 2.24) is 20.5 Å². The van der Waals surface area contributed by atoms with E-state index in [4.69, 9.17) is 8.83 Å². The molecular weight excluding hydrogens is 390 g/mol. The fraction of sp³-hybridized carbons (Fsp3) is 0.417. The van der Waals surface area contributed by atoms with E-state index >= 15 is 0 Å².